The summed E-state index contributed by atoms with van der Waals surface area (Å²) in [5.41, 5.74) is 3.23. The molecule has 1 N–H and O–H groups in total. The predicted molar refractivity (Wildman–Crippen MR) is 92.1 cm³/mol. The van der Waals surface area contributed by atoms with E-state index >= 15 is 0 Å². The van der Waals surface area contributed by atoms with Gasteiger partial charge in [0.1, 0.15) is 5.82 Å². The maximum atomic E-state index is 4.69. The minimum absolute atomic E-state index is 0.796. The normalized spacial score (nSPS) is 10.7. The Morgan fingerprint density at radius 2 is 1.76 bits per heavy atom. The van der Waals surface area contributed by atoms with Crippen molar-refractivity contribution in [2.24, 2.45) is 0 Å². The summed E-state index contributed by atoms with van der Waals surface area (Å²) in [6, 6.07) is 8.49. The van der Waals surface area contributed by atoms with E-state index in [-0.39, 0.29) is 0 Å². The average molecular weight is 301 g/mol. The SMILES string of the molecule is CCCNc1nc(-c2ccc(SCC)cc2)nc(C)c1C. The molecular formula is C17H23N3S. The van der Waals surface area contributed by atoms with E-state index < -0.39 is 0 Å². The van der Waals surface area contributed by atoms with Crippen LogP contribution in [0, 0.1) is 13.8 Å². The van der Waals surface area contributed by atoms with E-state index in [4.69, 9.17) is 0 Å². The van der Waals surface area contributed by atoms with Crippen molar-refractivity contribution in [2.75, 3.05) is 17.6 Å². The van der Waals surface area contributed by atoms with E-state index in [2.05, 4.69) is 60.3 Å². The largest absolute Gasteiger partial charge is 0.370 e. The molecule has 0 atom stereocenters. The molecule has 0 amide bonds. The van der Waals surface area contributed by atoms with Gasteiger partial charge in [0.2, 0.25) is 0 Å². The number of nitrogens with zero attached hydrogens (tertiary/aromatic N) is 2. The second-order valence-electron chi connectivity index (χ2n) is 4.99. The summed E-state index contributed by atoms with van der Waals surface area (Å²) in [5, 5.41) is 3.39. The van der Waals surface area contributed by atoms with Crippen LogP contribution in [0.4, 0.5) is 5.82 Å². The Labute approximate surface area is 131 Å². The van der Waals surface area contributed by atoms with E-state index in [1.807, 2.05) is 18.7 Å². The van der Waals surface area contributed by atoms with Crippen LogP contribution in [0.15, 0.2) is 29.2 Å². The molecule has 1 heterocycles. The van der Waals surface area contributed by atoms with E-state index in [1.54, 1.807) is 0 Å². The van der Waals surface area contributed by atoms with Gasteiger partial charge in [-0.2, -0.15) is 0 Å². The summed E-state index contributed by atoms with van der Waals surface area (Å²) in [6.07, 6.45) is 1.08. The quantitative estimate of drug-likeness (QED) is 0.785. The van der Waals surface area contributed by atoms with Crippen molar-refractivity contribution in [1.29, 1.82) is 0 Å². The Balaban J connectivity index is 2.32. The monoisotopic (exact) mass is 301 g/mol. The number of thioether (sulfide) groups is 1. The molecule has 112 valence electrons. The predicted octanol–water partition coefficient (Wildman–Crippen LogP) is 4.69. The number of aromatic nitrogens is 2. The number of anilines is 1. The van der Waals surface area contributed by atoms with Gasteiger partial charge in [0, 0.05) is 28.3 Å². The van der Waals surface area contributed by atoms with Crippen molar-refractivity contribution in [3.05, 3.63) is 35.5 Å². The minimum Gasteiger partial charge on any atom is -0.370 e. The molecule has 0 bridgehead atoms. The van der Waals surface area contributed by atoms with Crippen LogP contribution in [0.3, 0.4) is 0 Å². The van der Waals surface area contributed by atoms with Gasteiger partial charge in [0.05, 0.1) is 0 Å². The number of rotatable bonds is 6. The Kier molecular flexibility index (Phi) is 5.62. The van der Waals surface area contributed by atoms with Gasteiger partial charge in [-0.3, -0.25) is 0 Å². The third-order valence-corrected chi connectivity index (χ3v) is 4.25. The molecular weight excluding hydrogens is 278 g/mol. The van der Waals surface area contributed by atoms with Crippen LogP contribution < -0.4 is 5.32 Å². The number of benzene rings is 1. The molecule has 2 aromatic rings. The fourth-order valence-corrected chi connectivity index (χ4v) is 2.70. The second kappa shape index (κ2) is 7.46. The van der Waals surface area contributed by atoms with E-state index in [0.717, 1.165) is 47.2 Å². The lowest BCUT2D eigenvalue weighted by molar-refractivity contribution is 0.954. The molecule has 0 unspecified atom stereocenters. The topological polar surface area (TPSA) is 37.8 Å². The zero-order valence-electron chi connectivity index (χ0n) is 13.2. The summed E-state index contributed by atoms with van der Waals surface area (Å²) < 4.78 is 0. The standard InChI is InChI=1S/C17H23N3S/c1-5-11-18-16-12(3)13(4)19-17(20-16)14-7-9-15(10-8-14)21-6-2/h7-10H,5-6,11H2,1-4H3,(H,18,19,20). The number of hydrogen-bond acceptors (Lipinski definition) is 4. The molecule has 1 aromatic carbocycles. The molecule has 0 aliphatic rings. The lowest BCUT2D eigenvalue weighted by Gasteiger charge is -2.12. The summed E-state index contributed by atoms with van der Waals surface area (Å²) in [7, 11) is 0. The Morgan fingerprint density at radius 1 is 1.05 bits per heavy atom. The molecule has 0 radical (unpaired) electrons. The first-order valence-corrected chi connectivity index (χ1v) is 8.46. The highest BCUT2D eigenvalue weighted by Crippen LogP contribution is 2.24. The van der Waals surface area contributed by atoms with Crippen molar-refractivity contribution in [2.45, 2.75) is 39.0 Å². The first-order chi connectivity index (χ1) is 10.2. The zero-order chi connectivity index (χ0) is 15.2. The molecule has 0 saturated heterocycles. The molecule has 2 rings (SSSR count). The highest BCUT2D eigenvalue weighted by molar-refractivity contribution is 7.99. The van der Waals surface area contributed by atoms with Crippen molar-refractivity contribution in [3.8, 4) is 11.4 Å². The molecule has 0 saturated carbocycles. The first kappa shape index (κ1) is 15.8. The Morgan fingerprint density at radius 3 is 2.38 bits per heavy atom. The Bertz CT molecular complexity index is 594. The molecule has 0 fully saturated rings. The molecule has 0 spiro atoms. The van der Waals surface area contributed by atoms with Gasteiger partial charge in [-0.25, -0.2) is 9.97 Å². The average Bonchev–Trinajstić information content (AvgIpc) is 2.50. The fraction of sp³-hybridized carbons (Fsp3) is 0.412. The number of aryl methyl sites for hydroxylation is 1. The maximum absolute atomic E-state index is 4.69. The zero-order valence-corrected chi connectivity index (χ0v) is 14.0. The lowest BCUT2D eigenvalue weighted by Crippen LogP contribution is -2.07. The fourth-order valence-electron chi connectivity index (χ4n) is 2.04. The molecule has 0 aliphatic heterocycles. The van der Waals surface area contributed by atoms with Gasteiger partial charge < -0.3 is 5.32 Å². The van der Waals surface area contributed by atoms with Crippen molar-refractivity contribution in [1.82, 2.24) is 9.97 Å². The van der Waals surface area contributed by atoms with Crippen LogP contribution in [0.1, 0.15) is 31.5 Å². The third kappa shape index (κ3) is 3.97. The maximum Gasteiger partial charge on any atom is 0.161 e. The molecule has 3 nitrogen and oxygen atoms in total. The highest BCUT2D eigenvalue weighted by Gasteiger charge is 2.09. The van der Waals surface area contributed by atoms with Crippen LogP contribution in [-0.4, -0.2) is 22.3 Å². The van der Waals surface area contributed by atoms with Crippen molar-refractivity contribution < 1.29 is 0 Å². The highest BCUT2D eigenvalue weighted by atomic mass is 32.2. The van der Waals surface area contributed by atoms with Crippen LogP contribution in [0.5, 0.6) is 0 Å². The van der Waals surface area contributed by atoms with Gasteiger partial charge in [-0.05, 0) is 38.2 Å². The number of hydrogen-bond donors (Lipinski definition) is 1. The second-order valence-corrected chi connectivity index (χ2v) is 6.33. The van der Waals surface area contributed by atoms with Crippen molar-refractivity contribution in [3.63, 3.8) is 0 Å². The molecule has 21 heavy (non-hydrogen) atoms. The summed E-state index contributed by atoms with van der Waals surface area (Å²) in [4.78, 5) is 10.6. The van der Waals surface area contributed by atoms with Gasteiger partial charge >= 0.3 is 0 Å². The Hall–Kier alpha value is -1.55. The van der Waals surface area contributed by atoms with Crippen LogP contribution in [0.25, 0.3) is 11.4 Å². The molecule has 4 heteroatoms. The van der Waals surface area contributed by atoms with Crippen LogP contribution in [-0.2, 0) is 0 Å². The van der Waals surface area contributed by atoms with Crippen LogP contribution in [0.2, 0.25) is 0 Å². The third-order valence-electron chi connectivity index (χ3n) is 3.36. The summed E-state index contributed by atoms with van der Waals surface area (Å²) >= 11 is 1.85. The summed E-state index contributed by atoms with van der Waals surface area (Å²) in [6.45, 7) is 9.36. The number of nitrogens with one attached hydrogen (secondary N) is 1. The first-order valence-electron chi connectivity index (χ1n) is 7.48. The van der Waals surface area contributed by atoms with Gasteiger partial charge in [0.15, 0.2) is 5.82 Å². The molecule has 1 aromatic heterocycles. The minimum atomic E-state index is 0.796. The van der Waals surface area contributed by atoms with Gasteiger partial charge in [-0.15, -0.1) is 11.8 Å². The van der Waals surface area contributed by atoms with E-state index in [9.17, 15) is 0 Å². The van der Waals surface area contributed by atoms with Crippen molar-refractivity contribution >= 4 is 17.6 Å². The van der Waals surface area contributed by atoms with Crippen LogP contribution >= 0.6 is 11.8 Å². The summed E-state index contributed by atoms with van der Waals surface area (Å²) in [5.74, 6) is 2.83. The lowest BCUT2D eigenvalue weighted by atomic mass is 10.2. The van der Waals surface area contributed by atoms with E-state index in [0.29, 0.717) is 0 Å². The smallest absolute Gasteiger partial charge is 0.161 e. The van der Waals surface area contributed by atoms with Gasteiger partial charge in [-0.1, -0.05) is 26.0 Å². The molecule has 0 aliphatic carbocycles. The van der Waals surface area contributed by atoms with E-state index in [1.165, 1.54) is 4.90 Å². The van der Waals surface area contributed by atoms with Gasteiger partial charge in [0.25, 0.3) is 0 Å².